The number of carboxylic acid groups (broad SMARTS) is 1. The molecule has 0 aliphatic rings. The largest absolute Gasteiger partial charge is 0.496 e. The summed E-state index contributed by atoms with van der Waals surface area (Å²) in [5.41, 5.74) is 1.22. The van der Waals surface area contributed by atoms with E-state index in [1.54, 1.807) is 19.2 Å². The normalized spacial score (nSPS) is 11.8. The molecule has 0 heterocycles. The molecular weight excluding hydrogens is 274 g/mol. The van der Waals surface area contributed by atoms with Gasteiger partial charge in [0.15, 0.2) is 0 Å². The first-order chi connectivity index (χ1) is 9.99. The highest BCUT2D eigenvalue weighted by Crippen LogP contribution is 2.19. The molecule has 0 aliphatic heterocycles. The number of aryl methyl sites for hydroxylation is 1. The molecule has 21 heavy (non-hydrogen) atoms. The maximum Gasteiger partial charge on any atom is 0.326 e. The van der Waals surface area contributed by atoms with Gasteiger partial charge in [-0.25, -0.2) is 4.79 Å². The van der Waals surface area contributed by atoms with Gasteiger partial charge in [0, 0.05) is 13.7 Å². The van der Waals surface area contributed by atoms with Crippen LogP contribution >= 0.6 is 0 Å². The molecule has 1 aromatic rings. The van der Waals surface area contributed by atoms with Crippen LogP contribution in [0.3, 0.4) is 0 Å². The fourth-order valence-corrected chi connectivity index (χ4v) is 1.92. The van der Waals surface area contributed by atoms with Crippen molar-refractivity contribution in [3.63, 3.8) is 0 Å². The summed E-state index contributed by atoms with van der Waals surface area (Å²) in [6.07, 6.45) is 0.863. The lowest BCUT2D eigenvalue weighted by Gasteiger charge is -2.16. The highest BCUT2D eigenvalue weighted by atomic mass is 16.5. The van der Waals surface area contributed by atoms with E-state index in [2.05, 4.69) is 5.32 Å². The van der Waals surface area contributed by atoms with Crippen molar-refractivity contribution in [3.05, 3.63) is 29.3 Å². The molecule has 0 aliphatic carbocycles. The number of hydrogen-bond donors (Lipinski definition) is 2. The Bertz CT molecular complexity index is 501. The van der Waals surface area contributed by atoms with Gasteiger partial charge in [0.1, 0.15) is 11.8 Å². The Morgan fingerprint density at radius 2 is 2.05 bits per heavy atom. The molecule has 2 N–H and O–H groups in total. The highest BCUT2D eigenvalue weighted by molar-refractivity contribution is 5.99. The minimum Gasteiger partial charge on any atom is -0.496 e. The second kappa shape index (κ2) is 8.26. The zero-order valence-electron chi connectivity index (χ0n) is 12.5. The third kappa shape index (κ3) is 5.07. The Hall–Kier alpha value is -2.08. The average Bonchev–Trinajstić information content (AvgIpc) is 2.46. The van der Waals surface area contributed by atoms with Crippen molar-refractivity contribution in [2.24, 2.45) is 0 Å². The molecule has 0 fully saturated rings. The molecule has 6 heteroatoms. The van der Waals surface area contributed by atoms with E-state index in [1.165, 1.54) is 7.11 Å². The van der Waals surface area contributed by atoms with Crippen molar-refractivity contribution < 1.29 is 24.2 Å². The molecule has 0 saturated carbocycles. The van der Waals surface area contributed by atoms with E-state index in [0.717, 1.165) is 5.56 Å². The Morgan fingerprint density at radius 3 is 2.62 bits per heavy atom. The van der Waals surface area contributed by atoms with Gasteiger partial charge in [-0.2, -0.15) is 0 Å². The summed E-state index contributed by atoms with van der Waals surface area (Å²) in [6, 6.07) is 4.23. The molecule has 1 rings (SSSR count). The summed E-state index contributed by atoms with van der Waals surface area (Å²) in [5.74, 6) is -1.11. The van der Waals surface area contributed by atoms with Crippen LogP contribution in [0.5, 0.6) is 5.75 Å². The van der Waals surface area contributed by atoms with Crippen LogP contribution < -0.4 is 10.1 Å². The van der Waals surface area contributed by atoms with Crippen LogP contribution in [0.25, 0.3) is 0 Å². The summed E-state index contributed by atoms with van der Waals surface area (Å²) >= 11 is 0. The van der Waals surface area contributed by atoms with Crippen LogP contribution in [0.1, 0.15) is 28.8 Å². The zero-order valence-corrected chi connectivity index (χ0v) is 12.5. The Balaban J connectivity index is 2.81. The fourth-order valence-electron chi connectivity index (χ4n) is 1.92. The molecule has 6 nitrogen and oxygen atoms in total. The van der Waals surface area contributed by atoms with Crippen LogP contribution in [0, 0.1) is 6.92 Å². The van der Waals surface area contributed by atoms with E-state index in [9.17, 15) is 9.59 Å². The van der Waals surface area contributed by atoms with Gasteiger partial charge in [0.05, 0.1) is 12.7 Å². The lowest BCUT2D eigenvalue weighted by molar-refractivity contribution is -0.139. The third-order valence-electron chi connectivity index (χ3n) is 3.04. The van der Waals surface area contributed by atoms with Crippen LogP contribution in [-0.2, 0) is 9.53 Å². The predicted molar refractivity (Wildman–Crippen MR) is 77.7 cm³/mol. The number of ether oxygens (including phenoxy) is 2. The first-order valence-corrected chi connectivity index (χ1v) is 6.66. The number of aliphatic carboxylic acids is 1. The smallest absolute Gasteiger partial charge is 0.326 e. The molecule has 1 unspecified atom stereocenters. The summed E-state index contributed by atoms with van der Waals surface area (Å²) in [4.78, 5) is 23.4. The van der Waals surface area contributed by atoms with Gasteiger partial charge < -0.3 is 19.9 Å². The van der Waals surface area contributed by atoms with Crippen molar-refractivity contribution in [3.8, 4) is 5.75 Å². The average molecular weight is 295 g/mol. The fraction of sp³-hybridized carbons (Fsp3) is 0.467. The standard InChI is InChI=1S/C15H21NO5/c1-10-6-7-13(21-3)11(9-10)14(17)16-12(15(18)19)5-4-8-20-2/h6-7,9,12H,4-5,8H2,1-3H3,(H,16,17)(H,18,19). The lowest BCUT2D eigenvalue weighted by Crippen LogP contribution is -2.41. The van der Waals surface area contributed by atoms with Crippen LogP contribution in [-0.4, -0.2) is 43.9 Å². The first kappa shape index (κ1) is 17.0. The Kier molecular flexibility index (Phi) is 6.68. The van der Waals surface area contributed by atoms with Gasteiger partial charge in [-0.05, 0) is 31.9 Å². The summed E-state index contributed by atoms with van der Waals surface area (Å²) in [5, 5.41) is 11.7. The number of hydrogen-bond acceptors (Lipinski definition) is 4. The third-order valence-corrected chi connectivity index (χ3v) is 3.04. The van der Waals surface area contributed by atoms with Gasteiger partial charge in [-0.15, -0.1) is 0 Å². The number of carbonyl (C=O) groups is 2. The number of carboxylic acids is 1. The van der Waals surface area contributed by atoms with E-state index in [4.69, 9.17) is 14.6 Å². The van der Waals surface area contributed by atoms with E-state index in [1.807, 2.05) is 13.0 Å². The van der Waals surface area contributed by atoms with Crippen molar-refractivity contribution in [1.29, 1.82) is 0 Å². The minimum absolute atomic E-state index is 0.309. The predicted octanol–water partition coefficient (Wildman–Crippen LogP) is 1.61. The molecule has 1 amide bonds. The minimum atomic E-state index is -1.06. The molecule has 0 aromatic heterocycles. The maximum atomic E-state index is 12.2. The molecule has 1 aromatic carbocycles. The van der Waals surface area contributed by atoms with Gasteiger partial charge in [0.2, 0.25) is 0 Å². The monoisotopic (exact) mass is 295 g/mol. The van der Waals surface area contributed by atoms with Crippen molar-refractivity contribution in [2.75, 3.05) is 20.8 Å². The highest BCUT2D eigenvalue weighted by Gasteiger charge is 2.22. The number of benzene rings is 1. The van der Waals surface area contributed by atoms with E-state index in [0.29, 0.717) is 30.8 Å². The van der Waals surface area contributed by atoms with Crippen LogP contribution in [0.4, 0.5) is 0 Å². The van der Waals surface area contributed by atoms with Crippen molar-refractivity contribution in [1.82, 2.24) is 5.32 Å². The molecule has 0 radical (unpaired) electrons. The summed E-state index contributed by atoms with van der Waals surface area (Å²) in [7, 11) is 3.01. The maximum absolute atomic E-state index is 12.2. The molecule has 1 atom stereocenters. The lowest BCUT2D eigenvalue weighted by atomic mass is 10.1. The first-order valence-electron chi connectivity index (χ1n) is 6.66. The van der Waals surface area contributed by atoms with E-state index >= 15 is 0 Å². The summed E-state index contributed by atoms with van der Waals surface area (Å²) in [6.45, 7) is 2.30. The van der Waals surface area contributed by atoms with Crippen LogP contribution in [0.15, 0.2) is 18.2 Å². The quantitative estimate of drug-likeness (QED) is 0.712. The zero-order chi connectivity index (χ0) is 15.8. The number of amides is 1. The van der Waals surface area contributed by atoms with Crippen molar-refractivity contribution >= 4 is 11.9 Å². The number of nitrogens with one attached hydrogen (secondary N) is 1. The Labute approximate surface area is 124 Å². The molecule has 0 saturated heterocycles. The van der Waals surface area contributed by atoms with Gasteiger partial charge >= 0.3 is 5.97 Å². The SMILES string of the molecule is COCCCC(NC(=O)c1cc(C)ccc1OC)C(=O)O. The van der Waals surface area contributed by atoms with Gasteiger partial charge in [0.25, 0.3) is 5.91 Å². The molecule has 0 spiro atoms. The second-order valence-corrected chi connectivity index (χ2v) is 4.70. The Morgan fingerprint density at radius 1 is 1.33 bits per heavy atom. The van der Waals surface area contributed by atoms with E-state index in [-0.39, 0.29) is 0 Å². The number of carbonyl (C=O) groups excluding carboxylic acids is 1. The van der Waals surface area contributed by atoms with Gasteiger partial charge in [-0.3, -0.25) is 4.79 Å². The topological polar surface area (TPSA) is 84.9 Å². The summed E-state index contributed by atoms with van der Waals surface area (Å²) < 4.78 is 10.0. The molecular formula is C15H21NO5. The van der Waals surface area contributed by atoms with Gasteiger partial charge in [-0.1, -0.05) is 11.6 Å². The number of rotatable bonds is 8. The second-order valence-electron chi connectivity index (χ2n) is 4.70. The van der Waals surface area contributed by atoms with E-state index < -0.39 is 17.9 Å². The number of methoxy groups -OCH3 is 2. The van der Waals surface area contributed by atoms with Crippen molar-refractivity contribution in [2.45, 2.75) is 25.8 Å². The molecule has 0 bridgehead atoms. The van der Waals surface area contributed by atoms with Crippen LogP contribution in [0.2, 0.25) is 0 Å². The molecule has 116 valence electrons.